The fourth-order valence-electron chi connectivity index (χ4n) is 1.46. The molecule has 4 nitrogen and oxygen atoms in total. The van der Waals surface area contributed by atoms with E-state index in [9.17, 15) is 4.79 Å². The number of aromatic nitrogens is 2. The number of carbonyl (C=O) groups excluding carboxylic acids is 1. The van der Waals surface area contributed by atoms with Gasteiger partial charge in [0.25, 0.3) is 0 Å². The van der Waals surface area contributed by atoms with Crippen LogP contribution in [0.15, 0.2) is 39.5 Å². The molecule has 0 spiro atoms. The van der Waals surface area contributed by atoms with Gasteiger partial charge in [-0.25, -0.2) is 4.98 Å². The number of halogens is 2. The van der Waals surface area contributed by atoms with Crippen molar-refractivity contribution in [1.29, 1.82) is 0 Å². The van der Waals surface area contributed by atoms with E-state index in [2.05, 4.69) is 36.8 Å². The first kappa shape index (κ1) is 13.5. The van der Waals surface area contributed by atoms with Crippen molar-refractivity contribution in [2.24, 2.45) is 0 Å². The van der Waals surface area contributed by atoms with E-state index in [0.717, 1.165) is 5.56 Å². The highest BCUT2D eigenvalue weighted by atomic mass is 79.9. The zero-order valence-electron chi connectivity index (χ0n) is 9.35. The SMILES string of the molecule is O=Cc1nc(Br)c(Br)n1COCc1ccccc1. The summed E-state index contributed by atoms with van der Waals surface area (Å²) in [7, 11) is 0. The molecule has 94 valence electrons. The normalized spacial score (nSPS) is 10.6. The van der Waals surface area contributed by atoms with Crippen LogP contribution in [0.3, 0.4) is 0 Å². The van der Waals surface area contributed by atoms with Crippen LogP contribution >= 0.6 is 31.9 Å². The number of nitrogens with zero attached hydrogens (tertiary/aromatic N) is 2. The summed E-state index contributed by atoms with van der Waals surface area (Å²) in [6.45, 7) is 0.753. The molecular weight excluding hydrogens is 364 g/mol. The molecule has 2 rings (SSSR count). The summed E-state index contributed by atoms with van der Waals surface area (Å²) in [6.07, 6.45) is 0.696. The lowest BCUT2D eigenvalue weighted by Crippen LogP contribution is -2.07. The van der Waals surface area contributed by atoms with Crippen molar-refractivity contribution in [3.05, 3.63) is 50.9 Å². The van der Waals surface area contributed by atoms with Crippen molar-refractivity contribution in [2.45, 2.75) is 13.3 Å². The van der Waals surface area contributed by atoms with E-state index < -0.39 is 0 Å². The number of hydrogen-bond acceptors (Lipinski definition) is 3. The highest BCUT2D eigenvalue weighted by molar-refractivity contribution is 9.13. The molecule has 0 N–H and O–H groups in total. The molecule has 0 saturated carbocycles. The Morgan fingerprint density at radius 3 is 2.67 bits per heavy atom. The lowest BCUT2D eigenvalue weighted by atomic mass is 10.2. The molecule has 0 aliphatic carbocycles. The predicted molar refractivity (Wildman–Crippen MR) is 74.2 cm³/mol. The zero-order chi connectivity index (χ0) is 13.0. The van der Waals surface area contributed by atoms with Gasteiger partial charge in [-0.15, -0.1) is 0 Å². The Bertz CT molecular complexity index is 541. The minimum absolute atomic E-state index is 0.266. The van der Waals surface area contributed by atoms with Crippen molar-refractivity contribution in [1.82, 2.24) is 9.55 Å². The van der Waals surface area contributed by atoms with Gasteiger partial charge < -0.3 is 4.74 Å². The predicted octanol–water partition coefficient (Wildman–Crippen LogP) is 3.39. The van der Waals surface area contributed by atoms with E-state index in [1.165, 1.54) is 0 Å². The van der Waals surface area contributed by atoms with Crippen LogP contribution in [0.2, 0.25) is 0 Å². The van der Waals surface area contributed by atoms with Crippen molar-refractivity contribution in [3.8, 4) is 0 Å². The fourth-order valence-corrected chi connectivity index (χ4v) is 2.23. The molecule has 0 atom stereocenters. The number of carbonyl (C=O) groups is 1. The van der Waals surface area contributed by atoms with E-state index in [1.807, 2.05) is 30.3 Å². The molecule has 0 bridgehead atoms. The summed E-state index contributed by atoms with van der Waals surface area (Å²) in [5.41, 5.74) is 1.08. The number of aldehydes is 1. The second kappa shape index (κ2) is 6.26. The summed E-state index contributed by atoms with van der Waals surface area (Å²) in [4.78, 5) is 14.9. The lowest BCUT2D eigenvalue weighted by molar-refractivity contribution is 0.0605. The summed E-state index contributed by atoms with van der Waals surface area (Å²) in [6, 6.07) is 9.84. The molecule has 0 radical (unpaired) electrons. The van der Waals surface area contributed by atoms with Crippen molar-refractivity contribution < 1.29 is 9.53 Å². The first-order valence-electron chi connectivity index (χ1n) is 5.20. The topological polar surface area (TPSA) is 44.1 Å². The highest BCUT2D eigenvalue weighted by Crippen LogP contribution is 2.23. The van der Waals surface area contributed by atoms with Crippen molar-refractivity contribution >= 4 is 38.1 Å². The van der Waals surface area contributed by atoms with Crippen LogP contribution < -0.4 is 0 Å². The Hall–Kier alpha value is -0.980. The number of benzene rings is 1. The third-order valence-corrected chi connectivity index (χ3v) is 4.22. The Labute approximate surface area is 121 Å². The van der Waals surface area contributed by atoms with Gasteiger partial charge in [0.1, 0.15) is 15.9 Å². The zero-order valence-corrected chi connectivity index (χ0v) is 12.5. The van der Waals surface area contributed by atoms with E-state index in [0.29, 0.717) is 27.9 Å². The molecule has 0 fully saturated rings. The summed E-state index contributed by atoms with van der Waals surface area (Å²) in [5, 5.41) is 0. The number of imidazole rings is 1. The summed E-state index contributed by atoms with van der Waals surface area (Å²) in [5.74, 6) is 0.321. The van der Waals surface area contributed by atoms with E-state index in [4.69, 9.17) is 4.74 Å². The van der Waals surface area contributed by atoms with Gasteiger partial charge in [-0.1, -0.05) is 30.3 Å². The molecule has 0 aliphatic heterocycles. The molecule has 1 aromatic carbocycles. The van der Waals surface area contributed by atoms with E-state index in [-0.39, 0.29) is 6.73 Å². The maximum Gasteiger partial charge on any atom is 0.185 e. The molecule has 2 aromatic rings. The standard InChI is InChI=1S/C12H10Br2N2O2/c13-11-12(14)16(10(6-17)15-11)8-18-7-9-4-2-1-3-5-9/h1-6H,7-8H2. The van der Waals surface area contributed by atoms with Gasteiger partial charge in [-0.2, -0.15) is 0 Å². The third kappa shape index (κ3) is 3.07. The number of rotatable bonds is 5. The number of ether oxygens (including phenoxy) is 1. The molecule has 1 heterocycles. The third-order valence-electron chi connectivity index (χ3n) is 2.33. The summed E-state index contributed by atoms with van der Waals surface area (Å²) >= 11 is 6.59. The van der Waals surface area contributed by atoms with Crippen LogP contribution in [0.4, 0.5) is 0 Å². The van der Waals surface area contributed by atoms with Gasteiger partial charge in [-0.3, -0.25) is 9.36 Å². The average molecular weight is 374 g/mol. The van der Waals surface area contributed by atoms with Crippen molar-refractivity contribution in [3.63, 3.8) is 0 Å². The minimum atomic E-state index is 0.266. The maximum absolute atomic E-state index is 10.8. The van der Waals surface area contributed by atoms with Crippen molar-refractivity contribution in [2.75, 3.05) is 0 Å². The van der Waals surface area contributed by atoms with Crippen LogP contribution in [0.5, 0.6) is 0 Å². The first-order valence-corrected chi connectivity index (χ1v) is 6.79. The van der Waals surface area contributed by atoms with Gasteiger partial charge in [0, 0.05) is 0 Å². The van der Waals surface area contributed by atoms with Crippen LogP contribution in [-0.2, 0) is 18.1 Å². The van der Waals surface area contributed by atoms with Crippen LogP contribution in [0, 0.1) is 0 Å². The Kier molecular flexibility index (Phi) is 4.68. The van der Waals surface area contributed by atoms with Gasteiger partial charge >= 0.3 is 0 Å². The van der Waals surface area contributed by atoms with Crippen LogP contribution in [0.1, 0.15) is 16.2 Å². The van der Waals surface area contributed by atoms with Crippen LogP contribution in [0.25, 0.3) is 0 Å². The van der Waals surface area contributed by atoms with Crippen LogP contribution in [-0.4, -0.2) is 15.8 Å². The molecule has 0 aliphatic rings. The van der Waals surface area contributed by atoms with Gasteiger partial charge in [0.05, 0.1) is 6.61 Å². The van der Waals surface area contributed by atoms with Gasteiger partial charge in [0.2, 0.25) is 0 Å². The second-order valence-electron chi connectivity index (χ2n) is 3.56. The lowest BCUT2D eigenvalue weighted by Gasteiger charge is -2.07. The monoisotopic (exact) mass is 372 g/mol. The number of hydrogen-bond donors (Lipinski definition) is 0. The van der Waals surface area contributed by atoms with E-state index in [1.54, 1.807) is 4.57 Å². The molecule has 6 heteroatoms. The maximum atomic E-state index is 10.8. The molecular formula is C12H10Br2N2O2. The Balaban J connectivity index is 2.00. The van der Waals surface area contributed by atoms with E-state index >= 15 is 0 Å². The molecule has 18 heavy (non-hydrogen) atoms. The Morgan fingerprint density at radius 1 is 1.28 bits per heavy atom. The Morgan fingerprint density at radius 2 is 2.00 bits per heavy atom. The molecule has 0 unspecified atom stereocenters. The average Bonchev–Trinajstić information content (AvgIpc) is 2.67. The second-order valence-corrected chi connectivity index (χ2v) is 5.06. The largest absolute Gasteiger partial charge is 0.356 e. The molecule has 1 aromatic heterocycles. The quantitative estimate of drug-likeness (QED) is 0.754. The van der Waals surface area contributed by atoms with Gasteiger partial charge in [0.15, 0.2) is 12.1 Å². The minimum Gasteiger partial charge on any atom is -0.356 e. The first-order chi connectivity index (χ1) is 8.72. The fraction of sp³-hybridized carbons (Fsp3) is 0.167. The smallest absolute Gasteiger partial charge is 0.185 e. The summed E-state index contributed by atoms with van der Waals surface area (Å²) < 4.78 is 8.49. The molecule has 0 amide bonds. The molecule has 0 saturated heterocycles. The highest BCUT2D eigenvalue weighted by Gasteiger charge is 2.12. The van der Waals surface area contributed by atoms with Gasteiger partial charge in [-0.05, 0) is 37.4 Å².